The van der Waals surface area contributed by atoms with Crippen molar-refractivity contribution in [3.8, 4) is 5.75 Å². The normalized spacial score (nSPS) is 16.5. The van der Waals surface area contributed by atoms with E-state index in [-0.39, 0.29) is 11.7 Å². The first-order valence-electron chi connectivity index (χ1n) is 6.14. The number of piperidine rings is 1. The Balaban J connectivity index is 1.88. The molecule has 0 bridgehead atoms. The monoisotopic (exact) mass is 312 g/mol. The molecule has 0 radical (unpaired) electrons. The van der Waals surface area contributed by atoms with E-state index in [1.165, 1.54) is 6.07 Å². The topological polar surface area (TPSA) is 61.4 Å². The minimum Gasteiger partial charge on any atom is -0.507 e. The Bertz CT molecular complexity index is 431. The third kappa shape index (κ3) is 3.46. The molecular formula is C13H17BrN2O2. The zero-order valence-corrected chi connectivity index (χ0v) is 11.7. The van der Waals surface area contributed by atoms with Gasteiger partial charge in [0.1, 0.15) is 5.75 Å². The molecule has 0 saturated carbocycles. The Labute approximate surface area is 115 Å². The van der Waals surface area contributed by atoms with E-state index < -0.39 is 0 Å². The molecule has 1 aliphatic rings. The number of phenols is 1. The molecule has 0 aliphatic carbocycles. The van der Waals surface area contributed by atoms with E-state index in [2.05, 4.69) is 26.6 Å². The van der Waals surface area contributed by atoms with Crippen molar-refractivity contribution < 1.29 is 9.90 Å². The molecule has 1 amide bonds. The van der Waals surface area contributed by atoms with E-state index in [4.69, 9.17) is 0 Å². The van der Waals surface area contributed by atoms with Crippen LogP contribution in [-0.4, -0.2) is 30.6 Å². The predicted molar refractivity (Wildman–Crippen MR) is 73.7 cm³/mol. The van der Waals surface area contributed by atoms with Crippen LogP contribution in [0.3, 0.4) is 0 Å². The first kappa shape index (κ1) is 13.4. The lowest BCUT2D eigenvalue weighted by Gasteiger charge is -2.22. The van der Waals surface area contributed by atoms with Gasteiger partial charge in [-0.25, -0.2) is 0 Å². The minimum absolute atomic E-state index is 0.0875. The Kier molecular flexibility index (Phi) is 4.60. The molecule has 18 heavy (non-hydrogen) atoms. The molecule has 1 aromatic rings. The fourth-order valence-corrected chi connectivity index (χ4v) is 2.33. The van der Waals surface area contributed by atoms with Crippen LogP contribution in [0.15, 0.2) is 22.7 Å². The molecule has 3 N–H and O–H groups in total. The molecule has 1 saturated heterocycles. The maximum absolute atomic E-state index is 11.9. The van der Waals surface area contributed by atoms with Crippen molar-refractivity contribution in [3.05, 3.63) is 28.2 Å². The second-order valence-electron chi connectivity index (χ2n) is 4.57. The summed E-state index contributed by atoms with van der Waals surface area (Å²) in [5.74, 6) is 0.514. The number of phenolic OH excluding ortho intramolecular Hbond substituents is 1. The molecule has 0 spiro atoms. The summed E-state index contributed by atoms with van der Waals surface area (Å²) in [7, 11) is 0. The smallest absolute Gasteiger partial charge is 0.251 e. The standard InChI is InChI=1S/C13H17BrN2O2/c14-11-2-1-10(7-12(11)17)13(18)16-8-9-3-5-15-6-4-9/h1-2,7,9,15,17H,3-6,8H2,(H,16,18). The van der Waals surface area contributed by atoms with Gasteiger partial charge in [0.05, 0.1) is 4.47 Å². The highest BCUT2D eigenvalue weighted by Gasteiger charge is 2.15. The third-order valence-corrected chi connectivity index (χ3v) is 3.89. The Morgan fingerprint density at radius 3 is 2.83 bits per heavy atom. The number of nitrogens with one attached hydrogen (secondary N) is 2. The van der Waals surface area contributed by atoms with Gasteiger partial charge in [0.15, 0.2) is 0 Å². The molecule has 98 valence electrons. The summed E-state index contributed by atoms with van der Waals surface area (Å²) >= 11 is 3.19. The van der Waals surface area contributed by atoms with Crippen LogP contribution in [0.4, 0.5) is 0 Å². The zero-order chi connectivity index (χ0) is 13.0. The van der Waals surface area contributed by atoms with Gasteiger partial charge >= 0.3 is 0 Å². The second kappa shape index (κ2) is 6.20. The average molecular weight is 313 g/mol. The van der Waals surface area contributed by atoms with Gasteiger partial charge in [-0.2, -0.15) is 0 Å². The van der Waals surface area contributed by atoms with Crippen LogP contribution in [0.25, 0.3) is 0 Å². The predicted octanol–water partition coefficient (Wildman–Crippen LogP) is 1.88. The lowest BCUT2D eigenvalue weighted by Crippen LogP contribution is -2.35. The Morgan fingerprint density at radius 2 is 2.17 bits per heavy atom. The number of aromatic hydroxyl groups is 1. The van der Waals surface area contributed by atoms with Gasteiger partial charge in [-0.1, -0.05) is 0 Å². The Morgan fingerprint density at radius 1 is 1.44 bits per heavy atom. The molecule has 1 heterocycles. The molecule has 5 heteroatoms. The van der Waals surface area contributed by atoms with E-state index in [0.717, 1.165) is 25.9 Å². The van der Waals surface area contributed by atoms with E-state index in [1.807, 2.05) is 0 Å². The first-order chi connectivity index (χ1) is 8.66. The van der Waals surface area contributed by atoms with Crippen molar-refractivity contribution in [2.45, 2.75) is 12.8 Å². The van der Waals surface area contributed by atoms with Gasteiger partial charge in [0.25, 0.3) is 5.91 Å². The van der Waals surface area contributed by atoms with Crippen molar-refractivity contribution in [1.82, 2.24) is 10.6 Å². The number of amides is 1. The zero-order valence-electron chi connectivity index (χ0n) is 10.1. The molecule has 0 aromatic heterocycles. The molecule has 4 nitrogen and oxygen atoms in total. The largest absolute Gasteiger partial charge is 0.507 e. The number of benzene rings is 1. The quantitative estimate of drug-likeness (QED) is 0.798. The Hall–Kier alpha value is -1.07. The summed E-state index contributed by atoms with van der Waals surface area (Å²) in [6.07, 6.45) is 2.21. The van der Waals surface area contributed by atoms with Crippen LogP contribution in [0.1, 0.15) is 23.2 Å². The molecule has 0 atom stereocenters. The van der Waals surface area contributed by atoms with Gasteiger partial charge in [0.2, 0.25) is 0 Å². The van der Waals surface area contributed by atoms with Gasteiger partial charge in [0, 0.05) is 12.1 Å². The van der Waals surface area contributed by atoms with Gasteiger partial charge in [-0.15, -0.1) is 0 Å². The molecule has 1 aliphatic heterocycles. The maximum Gasteiger partial charge on any atom is 0.251 e. The lowest BCUT2D eigenvalue weighted by atomic mass is 9.98. The maximum atomic E-state index is 11.9. The number of rotatable bonds is 3. The van der Waals surface area contributed by atoms with Crippen molar-refractivity contribution in [2.24, 2.45) is 5.92 Å². The molecule has 0 unspecified atom stereocenters. The van der Waals surface area contributed by atoms with Crippen molar-refractivity contribution in [3.63, 3.8) is 0 Å². The number of carbonyl (C=O) groups excluding carboxylic acids is 1. The average Bonchev–Trinajstić information content (AvgIpc) is 2.40. The van der Waals surface area contributed by atoms with Crippen molar-refractivity contribution in [1.29, 1.82) is 0 Å². The summed E-state index contributed by atoms with van der Waals surface area (Å²) in [5, 5.41) is 15.7. The number of hydrogen-bond acceptors (Lipinski definition) is 3. The number of halogens is 1. The highest BCUT2D eigenvalue weighted by Crippen LogP contribution is 2.24. The van der Waals surface area contributed by atoms with Crippen LogP contribution in [0.5, 0.6) is 5.75 Å². The number of carbonyl (C=O) groups is 1. The first-order valence-corrected chi connectivity index (χ1v) is 6.93. The third-order valence-electron chi connectivity index (χ3n) is 3.22. The fraction of sp³-hybridized carbons (Fsp3) is 0.462. The SMILES string of the molecule is O=C(NCC1CCNCC1)c1ccc(Br)c(O)c1. The van der Waals surface area contributed by atoms with Crippen LogP contribution >= 0.6 is 15.9 Å². The van der Waals surface area contributed by atoms with E-state index in [1.54, 1.807) is 12.1 Å². The van der Waals surface area contributed by atoms with Gasteiger partial charge in [-0.05, 0) is 66.0 Å². The van der Waals surface area contributed by atoms with Crippen LogP contribution in [0.2, 0.25) is 0 Å². The summed E-state index contributed by atoms with van der Waals surface area (Å²) in [5.41, 5.74) is 0.490. The van der Waals surface area contributed by atoms with Crippen molar-refractivity contribution >= 4 is 21.8 Å². The van der Waals surface area contributed by atoms with Crippen molar-refractivity contribution in [2.75, 3.05) is 19.6 Å². The van der Waals surface area contributed by atoms with E-state index in [0.29, 0.717) is 22.5 Å². The summed E-state index contributed by atoms with van der Waals surface area (Å²) in [6.45, 7) is 2.76. The molecule has 2 rings (SSSR count). The van der Waals surface area contributed by atoms with Crippen LogP contribution in [0, 0.1) is 5.92 Å². The van der Waals surface area contributed by atoms with E-state index in [9.17, 15) is 9.90 Å². The summed E-state index contributed by atoms with van der Waals surface area (Å²) in [6, 6.07) is 4.85. The molecular weight excluding hydrogens is 296 g/mol. The molecule has 1 fully saturated rings. The van der Waals surface area contributed by atoms with Crippen LogP contribution in [-0.2, 0) is 0 Å². The highest BCUT2D eigenvalue weighted by atomic mass is 79.9. The highest BCUT2D eigenvalue weighted by molar-refractivity contribution is 9.10. The number of hydrogen-bond donors (Lipinski definition) is 3. The van der Waals surface area contributed by atoms with Crippen LogP contribution < -0.4 is 10.6 Å². The second-order valence-corrected chi connectivity index (χ2v) is 5.42. The summed E-state index contributed by atoms with van der Waals surface area (Å²) < 4.78 is 0.595. The van der Waals surface area contributed by atoms with E-state index >= 15 is 0 Å². The lowest BCUT2D eigenvalue weighted by molar-refractivity contribution is 0.0944. The molecule has 1 aromatic carbocycles. The fourth-order valence-electron chi connectivity index (χ4n) is 2.08. The summed E-state index contributed by atoms with van der Waals surface area (Å²) in [4.78, 5) is 11.9. The van der Waals surface area contributed by atoms with Gasteiger partial charge < -0.3 is 15.7 Å². The minimum atomic E-state index is -0.128. The van der Waals surface area contributed by atoms with Gasteiger partial charge in [-0.3, -0.25) is 4.79 Å².